The summed E-state index contributed by atoms with van der Waals surface area (Å²) >= 11 is 0. The zero-order valence-corrected chi connectivity index (χ0v) is 13.7. The summed E-state index contributed by atoms with van der Waals surface area (Å²) in [7, 11) is 0. The maximum absolute atomic E-state index is 12.0. The van der Waals surface area contributed by atoms with Crippen LogP contribution >= 0.6 is 0 Å². The van der Waals surface area contributed by atoms with Crippen LogP contribution in [0.25, 0.3) is 0 Å². The van der Waals surface area contributed by atoms with Crippen molar-refractivity contribution < 1.29 is 4.79 Å². The monoisotopic (exact) mass is 291 g/mol. The van der Waals surface area contributed by atoms with Gasteiger partial charge >= 0.3 is 0 Å². The highest BCUT2D eigenvalue weighted by atomic mass is 16.2. The predicted octanol–water partition coefficient (Wildman–Crippen LogP) is 2.64. The average Bonchev–Trinajstić information content (AvgIpc) is 2.37. The van der Waals surface area contributed by atoms with Crippen molar-refractivity contribution in [1.82, 2.24) is 10.2 Å². The van der Waals surface area contributed by atoms with Crippen molar-refractivity contribution in [3.63, 3.8) is 0 Å². The summed E-state index contributed by atoms with van der Waals surface area (Å²) in [5.74, 6) is 0.701. The zero-order chi connectivity index (χ0) is 15.8. The molecule has 4 heteroatoms. The third-order valence-corrected chi connectivity index (χ3v) is 3.46. The molecule has 0 radical (unpaired) electrons. The minimum atomic E-state index is 0.0910. The molecule has 0 bridgehead atoms. The van der Waals surface area contributed by atoms with Gasteiger partial charge in [-0.05, 0) is 43.9 Å². The van der Waals surface area contributed by atoms with Crippen molar-refractivity contribution >= 4 is 11.6 Å². The molecule has 3 N–H and O–H groups in total. The van der Waals surface area contributed by atoms with Crippen molar-refractivity contribution in [2.45, 2.75) is 46.7 Å². The van der Waals surface area contributed by atoms with Gasteiger partial charge in [0.05, 0.1) is 6.54 Å². The van der Waals surface area contributed by atoms with Crippen LogP contribution in [-0.4, -0.2) is 29.9 Å². The van der Waals surface area contributed by atoms with E-state index in [2.05, 4.69) is 37.9 Å². The number of benzene rings is 1. The molecular formula is C17H29N3O. The normalized spacial score (nSPS) is 11.4. The molecule has 1 rings (SSSR count). The number of nitrogen functional groups attached to an aromatic ring is 1. The average molecular weight is 291 g/mol. The first-order valence-electron chi connectivity index (χ1n) is 7.73. The molecule has 0 aliphatic heterocycles. The Morgan fingerprint density at radius 2 is 2.00 bits per heavy atom. The second-order valence-corrected chi connectivity index (χ2v) is 6.28. The summed E-state index contributed by atoms with van der Waals surface area (Å²) in [5.41, 5.74) is 7.71. The van der Waals surface area contributed by atoms with Crippen LogP contribution in [0, 0.1) is 5.92 Å². The van der Waals surface area contributed by atoms with Crippen LogP contribution in [0.15, 0.2) is 24.3 Å². The maximum Gasteiger partial charge on any atom is 0.234 e. The second-order valence-electron chi connectivity index (χ2n) is 6.28. The Hall–Kier alpha value is -1.55. The number of carbonyl (C=O) groups excluding carboxylic acids is 1. The molecule has 0 saturated carbocycles. The summed E-state index contributed by atoms with van der Waals surface area (Å²) in [6.45, 7) is 10.4. The van der Waals surface area contributed by atoms with E-state index in [9.17, 15) is 4.79 Å². The highest BCUT2D eigenvalue weighted by Gasteiger charge is 2.14. The van der Waals surface area contributed by atoms with Crippen LogP contribution in [0.1, 0.15) is 39.7 Å². The van der Waals surface area contributed by atoms with Crippen LogP contribution in [0.5, 0.6) is 0 Å². The summed E-state index contributed by atoms with van der Waals surface area (Å²) in [6, 6.07) is 8.14. The van der Waals surface area contributed by atoms with Gasteiger partial charge in [-0.2, -0.15) is 0 Å². The van der Waals surface area contributed by atoms with E-state index in [1.54, 1.807) is 0 Å². The van der Waals surface area contributed by atoms with Crippen LogP contribution in [0.4, 0.5) is 5.69 Å². The summed E-state index contributed by atoms with van der Waals surface area (Å²) < 4.78 is 0. The molecule has 1 aromatic rings. The van der Waals surface area contributed by atoms with Gasteiger partial charge in [-0.3, -0.25) is 9.69 Å². The lowest BCUT2D eigenvalue weighted by atomic mass is 10.1. The van der Waals surface area contributed by atoms with E-state index in [0.29, 0.717) is 18.5 Å². The molecule has 118 valence electrons. The van der Waals surface area contributed by atoms with Crippen molar-refractivity contribution in [2.75, 3.05) is 18.8 Å². The molecule has 0 unspecified atom stereocenters. The third kappa shape index (κ3) is 7.14. The fourth-order valence-electron chi connectivity index (χ4n) is 2.09. The van der Waals surface area contributed by atoms with Gasteiger partial charge in [-0.15, -0.1) is 0 Å². The quantitative estimate of drug-likeness (QED) is 0.724. The lowest BCUT2D eigenvalue weighted by molar-refractivity contribution is -0.122. The van der Waals surface area contributed by atoms with Gasteiger partial charge in [0.25, 0.3) is 0 Å². The molecule has 4 nitrogen and oxygen atoms in total. The Morgan fingerprint density at radius 3 is 2.57 bits per heavy atom. The van der Waals surface area contributed by atoms with E-state index in [1.165, 1.54) is 0 Å². The van der Waals surface area contributed by atoms with Gasteiger partial charge in [0.2, 0.25) is 5.91 Å². The highest BCUT2D eigenvalue weighted by molar-refractivity contribution is 5.78. The molecule has 0 spiro atoms. The molecular weight excluding hydrogens is 262 g/mol. The van der Waals surface area contributed by atoms with Gasteiger partial charge in [0.1, 0.15) is 0 Å². The second kappa shape index (κ2) is 8.67. The van der Waals surface area contributed by atoms with Gasteiger partial charge in [-0.25, -0.2) is 0 Å². The number of rotatable bonds is 8. The molecule has 1 amide bonds. The van der Waals surface area contributed by atoms with Gasteiger partial charge in [0.15, 0.2) is 0 Å². The summed E-state index contributed by atoms with van der Waals surface area (Å²) in [4.78, 5) is 14.2. The minimum Gasteiger partial charge on any atom is -0.399 e. The number of amides is 1. The minimum absolute atomic E-state index is 0.0910. The molecule has 0 atom stereocenters. The zero-order valence-electron chi connectivity index (χ0n) is 13.7. The van der Waals surface area contributed by atoms with E-state index < -0.39 is 0 Å². The predicted molar refractivity (Wildman–Crippen MR) is 88.9 cm³/mol. The Bertz CT molecular complexity index is 443. The number of nitrogens with zero attached hydrogens (tertiary/aromatic N) is 1. The summed E-state index contributed by atoms with van der Waals surface area (Å²) in [6.07, 6.45) is 1.02. The Balaban J connectivity index is 2.52. The third-order valence-electron chi connectivity index (χ3n) is 3.46. The molecule has 0 fully saturated rings. The number of anilines is 1. The van der Waals surface area contributed by atoms with Gasteiger partial charge in [0, 0.05) is 24.8 Å². The van der Waals surface area contributed by atoms with Crippen molar-refractivity contribution in [2.24, 2.45) is 5.92 Å². The Morgan fingerprint density at radius 1 is 1.29 bits per heavy atom. The molecule has 0 heterocycles. The van der Waals surface area contributed by atoms with Crippen LogP contribution < -0.4 is 11.1 Å². The van der Waals surface area contributed by atoms with Crippen LogP contribution in [0.2, 0.25) is 0 Å². The lowest BCUT2D eigenvalue weighted by Gasteiger charge is -2.26. The standard InChI is InChI=1S/C17H29N3O/c1-13(2)8-9-19-17(21)12-20(14(3)4)11-15-6-5-7-16(18)10-15/h5-7,10,13-14H,8-9,11-12,18H2,1-4H3,(H,19,21). The largest absolute Gasteiger partial charge is 0.399 e. The van der Waals surface area contributed by atoms with Crippen LogP contribution in [-0.2, 0) is 11.3 Å². The molecule has 0 aliphatic rings. The number of nitrogens with one attached hydrogen (secondary N) is 1. The van der Waals surface area contributed by atoms with Gasteiger partial charge in [-0.1, -0.05) is 26.0 Å². The smallest absolute Gasteiger partial charge is 0.234 e. The molecule has 21 heavy (non-hydrogen) atoms. The Labute approximate surface area is 128 Å². The van der Waals surface area contributed by atoms with Crippen molar-refractivity contribution in [3.8, 4) is 0 Å². The first kappa shape index (κ1) is 17.5. The molecule has 0 saturated heterocycles. The Kier molecular flexibility index (Phi) is 7.23. The lowest BCUT2D eigenvalue weighted by Crippen LogP contribution is -2.40. The first-order chi connectivity index (χ1) is 9.88. The van der Waals surface area contributed by atoms with Crippen molar-refractivity contribution in [3.05, 3.63) is 29.8 Å². The SMILES string of the molecule is CC(C)CCNC(=O)CN(Cc1cccc(N)c1)C(C)C. The van der Waals surface area contributed by atoms with Crippen LogP contribution in [0.3, 0.4) is 0 Å². The van der Waals surface area contributed by atoms with E-state index in [4.69, 9.17) is 5.73 Å². The van der Waals surface area contributed by atoms with Gasteiger partial charge < -0.3 is 11.1 Å². The fraction of sp³-hybridized carbons (Fsp3) is 0.588. The molecule has 1 aromatic carbocycles. The number of hydrogen-bond acceptors (Lipinski definition) is 3. The van der Waals surface area contributed by atoms with E-state index in [0.717, 1.165) is 30.8 Å². The number of carbonyl (C=O) groups is 1. The number of nitrogens with two attached hydrogens (primary N) is 1. The number of hydrogen-bond donors (Lipinski definition) is 2. The molecule has 0 aromatic heterocycles. The van der Waals surface area contributed by atoms with E-state index in [1.807, 2.05) is 24.3 Å². The topological polar surface area (TPSA) is 58.4 Å². The van der Waals surface area contributed by atoms with Crippen molar-refractivity contribution in [1.29, 1.82) is 0 Å². The first-order valence-corrected chi connectivity index (χ1v) is 7.73. The maximum atomic E-state index is 12.0. The van der Waals surface area contributed by atoms with E-state index in [-0.39, 0.29) is 5.91 Å². The highest BCUT2D eigenvalue weighted by Crippen LogP contribution is 2.11. The summed E-state index contributed by atoms with van der Waals surface area (Å²) in [5, 5.41) is 2.99. The fourth-order valence-corrected chi connectivity index (χ4v) is 2.09. The molecule has 0 aliphatic carbocycles. The van der Waals surface area contributed by atoms with E-state index >= 15 is 0 Å².